The number of amides is 2. The van der Waals surface area contributed by atoms with Gasteiger partial charge in [-0.25, -0.2) is 0 Å². The zero-order valence-corrected chi connectivity index (χ0v) is 12.7. The fourth-order valence-electron chi connectivity index (χ4n) is 2.57. The SMILES string of the molecule is O=C(O)Cn1ccc(NC(=O)C2CC(=O)N(Cc3ccco3)C2)n1. The highest BCUT2D eigenvalue weighted by atomic mass is 16.4. The zero-order valence-electron chi connectivity index (χ0n) is 12.7. The number of rotatable bonds is 6. The van der Waals surface area contributed by atoms with Crippen LogP contribution in [0.4, 0.5) is 5.82 Å². The van der Waals surface area contributed by atoms with Gasteiger partial charge in [0.15, 0.2) is 5.82 Å². The second-order valence-electron chi connectivity index (χ2n) is 5.54. The van der Waals surface area contributed by atoms with E-state index < -0.39 is 11.9 Å². The average molecular weight is 332 g/mol. The molecule has 2 N–H and O–H groups in total. The number of likely N-dealkylation sites (tertiary alicyclic amines) is 1. The lowest BCUT2D eigenvalue weighted by Crippen LogP contribution is -2.28. The molecule has 24 heavy (non-hydrogen) atoms. The average Bonchev–Trinajstić information content (AvgIpc) is 3.23. The van der Waals surface area contributed by atoms with Crippen LogP contribution < -0.4 is 5.32 Å². The van der Waals surface area contributed by atoms with Gasteiger partial charge in [0.1, 0.15) is 12.3 Å². The number of nitrogens with one attached hydrogen (secondary N) is 1. The van der Waals surface area contributed by atoms with Crippen molar-refractivity contribution in [2.45, 2.75) is 19.5 Å². The highest BCUT2D eigenvalue weighted by Gasteiger charge is 2.34. The zero-order chi connectivity index (χ0) is 17.1. The van der Waals surface area contributed by atoms with Gasteiger partial charge in [-0.05, 0) is 12.1 Å². The highest BCUT2D eigenvalue weighted by molar-refractivity contribution is 5.96. The highest BCUT2D eigenvalue weighted by Crippen LogP contribution is 2.21. The second-order valence-corrected chi connectivity index (χ2v) is 5.54. The summed E-state index contributed by atoms with van der Waals surface area (Å²) in [6.45, 7) is 0.360. The van der Waals surface area contributed by atoms with E-state index in [4.69, 9.17) is 9.52 Å². The van der Waals surface area contributed by atoms with E-state index in [-0.39, 0.29) is 30.6 Å². The number of carbonyl (C=O) groups is 3. The van der Waals surface area contributed by atoms with Crippen molar-refractivity contribution < 1.29 is 23.9 Å². The Hall–Kier alpha value is -3.10. The van der Waals surface area contributed by atoms with Crippen LogP contribution >= 0.6 is 0 Å². The number of carboxylic acid groups (broad SMARTS) is 1. The minimum atomic E-state index is -1.02. The van der Waals surface area contributed by atoms with E-state index in [1.807, 2.05) is 0 Å². The minimum Gasteiger partial charge on any atom is -0.480 e. The Morgan fingerprint density at radius 1 is 1.42 bits per heavy atom. The van der Waals surface area contributed by atoms with Crippen LogP contribution in [0, 0.1) is 5.92 Å². The van der Waals surface area contributed by atoms with Crippen LogP contribution in [-0.2, 0) is 27.5 Å². The number of aliphatic carboxylic acids is 1. The quantitative estimate of drug-likeness (QED) is 0.797. The van der Waals surface area contributed by atoms with Crippen molar-refractivity contribution in [1.82, 2.24) is 14.7 Å². The molecule has 0 bridgehead atoms. The predicted molar refractivity (Wildman–Crippen MR) is 80.7 cm³/mol. The van der Waals surface area contributed by atoms with Gasteiger partial charge >= 0.3 is 5.97 Å². The van der Waals surface area contributed by atoms with Crippen LogP contribution in [0.5, 0.6) is 0 Å². The number of carboxylic acids is 1. The molecule has 1 fully saturated rings. The second kappa shape index (κ2) is 6.57. The summed E-state index contributed by atoms with van der Waals surface area (Å²) in [6, 6.07) is 5.03. The minimum absolute atomic E-state index is 0.108. The van der Waals surface area contributed by atoms with Crippen molar-refractivity contribution in [2.24, 2.45) is 5.92 Å². The summed E-state index contributed by atoms with van der Waals surface area (Å²) in [7, 11) is 0. The number of anilines is 1. The van der Waals surface area contributed by atoms with Crippen LogP contribution in [0.3, 0.4) is 0 Å². The maximum absolute atomic E-state index is 12.3. The first kappa shape index (κ1) is 15.8. The number of hydrogen-bond acceptors (Lipinski definition) is 5. The summed E-state index contributed by atoms with van der Waals surface area (Å²) in [5.74, 6) is -0.994. The number of furan rings is 1. The van der Waals surface area contributed by atoms with E-state index in [0.29, 0.717) is 18.8 Å². The molecule has 126 valence electrons. The fraction of sp³-hybridized carbons (Fsp3) is 0.333. The van der Waals surface area contributed by atoms with Crippen molar-refractivity contribution in [3.05, 3.63) is 36.4 Å². The van der Waals surface area contributed by atoms with Crippen molar-refractivity contribution in [3.63, 3.8) is 0 Å². The maximum Gasteiger partial charge on any atom is 0.325 e. The van der Waals surface area contributed by atoms with Gasteiger partial charge in [-0.3, -0.25) is 19.1 Å². The monoisotopic (exact) mass is 332 g/mol. The van der Waals surface area contributed by atoms with E-state index in [2.05, 4.69) is 10.4 Å². The number of carbonyl (C=O) groups excluding carboxylic acids is 2. The van der Waals surface area contributed by atoms with Crippen LogP contribution in [0.2, 0.25) is 0 Å². The van der Waals surface area contributed by atoms with Crippen molar-refractivity contribution in [1.29, 1.82) is 0 Å². The fourth-order valence-corrected chi connectivity index (χ4v) is 2.57. The summed E-state index contributed by atoms with van der Waals surface area (Å²) in [6.07, 6.45) is 3.13. The van der Waals surface area contributed by atoms with E-state index in [1.54, 1.807) is 17.0 Å². The third kappa shape index (κ3) is 3.62. The molecule has 2 aromatic rings. The first-order valence-corrected chi connectivity index (χ1v) is 7.37. The molecule has 0 spiro atoms. The van der Waals surface area contributed by atoms with Crippen LogP contribution in [-0.4, -0.2) is 44.1 Å². The Kier molecular flexibility index (Phi) is 4.32. The van der Waals surface area contributed by atoms with Crippen LogP contribution in [0.15, 0.2) is 35.1 Å². The van der Waals surface area contributed by atoms with E-state index in [0.717, 1.165) is 0 Å². The van der Waals surface area contributed by atoms with Gasteiger partial charge in [0, 0.05) is 25.2 Å². The summed E-state index contributed by atoms with van der Waals surface area (Å²) in [5.41, 5.74) is 0. The van der Waals surface area contributed by atoms with Gasteiger partial charge in [0.05, 0.1) is 18.7 Å². The Morgan fingerprint density at radius 3 is 2.96 bits per heavy atom. The molecule has 9 nitrogen and oxygen atoms in total. The number of aromatic nitrogens is 2. The molecule has 1 aliphatic rings. The van der Waals surface area contributed by atoms with Crippen molar-refractivity contribution in [3.8, 4) is 0 Å². The van der Waals surface area contributed by atoms with E-state index in [9.17, 15) is 14.4 Å². The van der Waals surface area contributed by atoms with E-state index >= 15 is 0 Å². The Morgan fingerprint density at radius 2 is 2.25 bits per heavy atom. The molecule has 3 heterocycles. The normalized spacial score (nSPS) is 17.2. The van der Waals surface area contributed by atoms with Crippen molar-refractivity contribution in [2.75, 3.05) is 11.9 Å². The van der Waals surface area contributed by atoms with Gasteiger partial charge in [-0.1, -0.05) is 0 Å². The van der Waals surface area contributed by atoms with Gasteiger partial charge in [-0.2, -0.15) is 5.10 Å². The third-order valence-corrected chi connectivity index (χ3v) is 3.70. The Labute approximate surface area is 136 Å². The number of hydrogen-bond donors (Lipinski definition) is 2. The molecule has 0 radical (unpaired) electrons. The number of nitrogens with zero attached hydrogens (tertiary/aromatic N) is 3. The van der Waals surface area contributed by atoms with Gasteiger partial charge in [0.25, 0.3) is 0 Å². The van der Waals surface area contributed by atoms with E-state index in [1.165, 1.54) is 23.2 Å². The summed E-state index contributed by atoms with van der Waals surface area (Å²) < 4.78 is 6.42. The maximum atomic E-state index is 12.3. The molecule has 0 aliphatic carbocycles. The molecule has 1 aliphatic heterocycles. The first-order chi connectivity index (χ1) is 11.5. The summed E-state index contributed by atoms with van der Waals surface area (Å²) >= 11 is 0. The molecule has 0 aromatic carbocycles. The lowest BCUT2D eigenvalue weighted by atomic mass is 10.1. The van der Waals surface area contributed by atoms with Gasteiger partial charge in [0.2, 0.25) is 11.8 Å². The molecular formula is C15H16N4O5. The Bertz CT molecular complexity index is 752. The molecule has 1 saturated heterocycles. The molecule has 3 rings (SSSR count). The van der Waals surface area contributed by atoms with Gasteiger partial charge in [-0.15, -0.1) is 0 Å². The van der Waals surface area contributed by atoms with Crippen LogP contribution in [0.1, 0.15) is 12.2 Å². The van der Waals surface area contributed by atoms with Gasteiger partial charge < -0.3 is 19.7 Å². The van der Waals surface area contributed by atoms with Crippen molar-refractivity contribution >= 4 is 23.6 Å². The molecule has 2 aromatic heterocycles. The lowest BCUT2D eigenvalue weighted by Gasteiger charge is -2.14. The van der Waals surface area contributed by atoms with Crippen LogP contribution in [0.25, 0.3) is 0 Å². The Balaban J connectivity index is 1.56. The molecular weight excluding hydrogens is 316 g/mol. The topological polar surface area (TPSA) is 118 Å². The predicted octanol–water partition coefficient (Wildman–Crippen LogP) is 0.548. The standard InChI is InChI=1S/C15H16N4O5/c20-13-6-10(7-18(13)8-11-2-1-5-24-11)15(23)16-12-3-4-19(17-12)9-14(21)22/h1-5,10H,6-9H2,(H,21,22)(H,16,17,23). The largest absolute Gasteiger partial charge is 0.480 e. The molecule has 9 heteroatoms. The molecule has 2 amide bonds. The molecule has 1 atom stereocenters. The smallest absolute Gasteiger partial charge is 0.325 e. The lowest BCUT2D eigenvalue weighted by molar-refractivity contribution is -0.138. The molecule has 1 unspecified atom stereocenters. The molecule has 0 saturated carbocycles. The first-order valence-electron chi connectivity index (χ1n) is 7.37. The summed E-state index contributed by atoms with van der Waals surface area (Å²) in [4.78, 5) is 36.5. The third-order valence-electron chi connectivity index (χ3n) is 3.70. The summed E-state index contributed by atoms with van der Waals surface area (Å²) in [5, 5.41) is 15.3.